The summed E-state index contributed by atoms with van der Waals surface area (Å²) in [6.07, 6.45) is 7.08. The van der Waals surface area contributed by atoms with E-state index in [0.29, 0.717) is 23.3 Å². The molecule has 2 atom stereocenters. The molecule has 1 saturated carbocycles. The normalized spacial score (nSPS) is 23.1. The number of rotatable bonds is 2. The second kappa shape index (κ2) is 6.82. The molecular weight excluding hydrogens is 314 g/mol. The van der Waals surface area contributed by atoms with Crippen molar-refractivity contribution in [1.82, 2.24) is 14.7 Å². The van der Waals surface area contributed by atoms with Gasteiger partial charge >= 0.3 is 0 Å². The van der Waals surface area contributed by atoms with Crippen LogP contribution in [0, 0.1) is 5.92 Å². The number of nitrogens with zero attached hydrogens (tertiary/aromatic N) is 3. The Morgan fingerprint density at radius 3 is 2.56 bits per heavy atom. The van der Waals surface area contributed by atoms with Crippen LogP contribution in [-0.4, -0.2) is 33.2 Å². The second-order valence-electron chi connectivity index (χ2n) is 7.06. The standard InChI is InChI=1S/C20H23N3O2/c24-19-13-12-17(21-23(19)16-9-2-1-3-10-16)20(25)22-14-6-8-15-7-4-5-11-18(15)22/h1-3,9-10,12-13,15,18H,4-8,11,14H2. The number of fused-ring (bicyclic) bond motifs is 1. The summed E-state index contributed by atoms with van der Waals surface area (Å²) in [5.41, 5.74) is 0.808. The van der Waals surface area contributed by atoms with Crippen LogP contribution in [0.4, 0.5) is 0 Å². The molecule has 2 unspecified atom stereocenters. The van der Waals surface area contributed by atoms with E-state index in [1.807, 2.05) is 35.2 Å². The minimum absolute atomic E-state index is 0.0405. The Balaban J connectivity index is 1.65. The van der Waals surface area contributed by atoms with Crippen molar-refractivity contribution in [2.75, 3.05) is 6.54 Å². The number of para-hydroxylation sites is 1. The van der Waals surface area contributed by atoms with Gasteiger partial charge in [-0.15, -0.1) is 0 Å². The first-order chi connectivity index (χ1) is 12.2. The van der Waals surface area contributed by atoms with Crippen LogP contribution >= 0.6 is 0 Å². The lowest BCUT2D eigenvalue weighted by atomic mass is 9.78. The van der Waals surface area contributed by atoms with Crippen LogP contribution in [0.2, 0.25) is 0 Å². The Kier molecular flexibility index (Phi) is 4.38. The minimum atomic E-state index is -0.225. The maximum absolute atomic E-state index is 13.1. The number of aromatic nitrogens is 2. The summed E-state index contributed by atoms with van der Waals surface area (Å²) >= 11 is 0. The van der Waals surface area contributed by atoms with Gasteiger partial charge < -0.3 is 4.90 Å². The van der Waals surface area contributed by atoms with E-state index in [-0.39, 0.29) is 11.5 Å². The van der Waals surface area contributed by atoms with E-state index in [9.17, 15) is 9.59 Å². The summed E-state index contributed by atoms with van der Waals surface area (Å²) in [5, 5.41) is 4.37. The van der Waals surface area contributed by atoms with Crippen molar-refractivity contribution in [2.45, 2.75) is 44.6 Å². The first-order valence-corrected chi connectivity index (χ1v) is 9.21. The van der Waals surface area contributed by atoms with Crippen molar-refractivity contribution in [3.63, 3.8) is 0 Å². The van der Waals surface area contributed by atoms with Crippen molar-refractivity contribution in [3.05, 3.63) is 58.5 Å². The van der Waals surface area contributed by atoms with Gasteiger partial charge in [-0.25, -0.2) is 0 Å². The molecule has 25 heavy (non-hydrogen) atoms. The van der Waals surface area contributed by atoms with Crippen LogP contribution in [0.15, 0.2) is 47.3 Å². The quantitative estimate of drug-likeness (QED) is 0.846. The fourth-order valence-corrected chi connectivity index (χ4v) is 4.30. The average Bonchev–Trinajstić information content (AvgIpc) is 2.68. The number of amides is 1. The van der Waals surface area contributed by atoms with Crippen molar-refractivity contribution in [3.8, 4) is 5.69 Å². The number of hydrogen-bond donors (Lipinski definition) is 0. The van der Waals surface area contributed by atoms with Crippen LogP contribution in [0.3, 0.4) is 0 Å². The third-order valence-electron chi connectivity index (χ3n) is 5.52. The van der Waals surface area contributed by atoms with Gasteiger partial charge in [-0.1, -0.05) is 31.0 Å². The minimum Gasteiger partial charge on any atom is -0.334 e. The van der Waals surface area contributed by atoms with Gasteiger partial charge in [0.25, 0.3) is 11.5 Å². The monoisotopic (exact) mass is 337 g/mol. The highest BCUT2D eigenvalue weighted by Gasteiger charge is 2.36. The van der Waals surface area contributed by atoms with Crippen LogP contribution in [0.25, 0.3) is 5.69 Å². The molecule has 0 bridgehead atoms. The number of hydrogen-bond acceptors (Lipinski definition) is 3. The predicted octanol–water partition coefficient (Wildman–Crippen LogP) is 3.03. The van der Waals surface area contributed by atoms with Crippen molar-refractivity contribution in [1.29, 1.82) is 0 Å². The summed E-state index contributed by atoms with van der Waals surface area (Å²) in [5.74, 6) is 0.591. The van der Waals surface area contributed by atoms with Crippen LogP contribution in [0.5, 0.6) is 0 Å². The third kappa shape index (κ3) is 3.11. The van der Waals surface area contributed by atoms with Gasteiger partial charge in [0, 0.05) is 18.7 Å². The molecule has 130 valence electrons. The number of carbonyl (C=O) groups excluding carboxylic acids is 1. The molecule has 1 aromatic heterocycles. The number of piperidine rings is 1. The van der Waals surface area contributed by atoms with E-state index in [0.717, 1.165) is 19.4 Å². The predicted molar refractivity (Wildman–Crippen MR) is 95.9 cm³/mol. The molecule has 0 N–H and O–H groups in total. The molecule has 1 aliphatic heterocycles. The SMILES string of the molecule is O=C(c1ccc(=O)n(-c2ccccc2)n1)N1CCCC2CCCCC21. The smallest absolute Gasteiger partial charge is 0.274 e. The molecule has 5 heteroatoms. The number of likely N-dealkylation sites (tertiary alicyclic amines) is 1. The van der Waals surface area contributed by atoms with Crippen LogP contribution in [0.1, 0.15) is 49.0 Å². The van der Waals surface area contributed by atoms with Crippen LogP contribution < -0.4 is 5.56 Å². The highest BCUT2D eigenvalue weighted by molar-refractivity contribution is 5.92. The van der Waals surface area contributed by atoms with E-state index in [2.05, 4.69) is 5.10 Å². The van der Waals surface area contributed by atoms with E-state index in [1.54, 1.807) is 6.07 Å². The molecule has 2 aromatic rings. The Hall–Kier alpha value is -2.43. The molecule has 1 aromatic carbocycles. The van der Waals surface area contributed by atoms with Gasteiger partial charge in [0.15, 0.2) is 0 Å². The zero-order valence-electron chi connectivity index (χ0n) is 14.3. The molecular formula is C20H23N3O2. The molecule has 1 amide bonds. The lowest BCUT2D eigenvalue weighted by Crippen LogP contribution is -2.50. The second-order valence-corrected chi connectivity index (χ2v) is 7.06. The average molecular weight is 337 g/mol. The third-order valence-corrected chi connectivity index (χ3v) is 5.52. The molecule has 0 radical (unpaired) electrons. The Morgan fingerprint density at radius 2 is 1.72 bits per heavy atom. The van der Waals surface area contributed by atoms with Gasteiger partial charge in [-0.3, -0.25) is 9.59 Å². The highest BCUT2D eigenvalue weighted by atomic mass is 16.2. The Labute approximate surface area is 147 Å². The van der Waals surface area contributed by atoms with Crippen LogP contribution in [-0.2, 0) is 0 Å². The fraction of sp³-hybridized carbons (Fsp3) is 0.450. The van der Waals surface area contributed by atoms with E-state index < -0.39 is 0 Å². The summed E-state index contributed by atoms with van der Waals surface area (Å²) in [6, 6.07) is 12.6. The molecule has 1 aliphatic carbocycles. The molecule has 5 nitrogen and oxygen atoms in total. The van der Waals surface area contributed by atoms with Gasteiger partial charge in [0.1, 0.15) is 5.69 Å². The molecule has 0 spiro atoms. The first kappa shape index (κ1) is 16.1. The molecule has 2 aliphatic rings. The zero-order valence-corrected chi connectivity index (χ0v) is 14.3. The van der Waals surface area contributed by atoms with E-state index >= 15 is 0 Å². The van der Waals surface area contributed by atoms with Gasteiger partial charge in [-0.05, 0) is 49.8 Å². The van der Waals surface area contributed by atoms with Gasteiger partial charge in [0.2, 0.25) is 0 Å². The van der Waals surface area contributed by atoms with E-state index in [1.165, 1.54) is 36.4 Å². The number of benzene rings is 1. The lowest BCUT2D eigenvalue weighted by molar-refractivity contribution is 0.0383. The first-order valence-electron chi connectivity index (χ1n) is 9.21. The highest BCUT2D eigenvalue weighted by Crippen LogP contribution is 2.35. The number of carbonyl (C=O) groups is 1. The summed E-state index contributed by atoms with van der Waals surface area (Å²) in [6.45, 7) is 0.798. The maximum atomic E-state index is 13.1. The molecule has 4 rings (SSSR count). The topological polar surface area (TPSA) is 55.2 Å². The van der Waals surface area contributed by atoms with Crippen molar-refractivity contribution >= 4 is 5.91 Å². The fourth-order valence-electron chi connectivity index (χ4n) is 4.30. The van der Waals surface area contributed by atoms with E-state index in [4.69, 9.17) is 0 Å². The molecule has 1 saturated heterocycles. The maximum Gasteiger partial charge on any atom is 0.274 e. The van der Waals surface area contributed by atoms with Gasteiger partial charge in [-0.2, -0.15) is 9.78 Å². The Bertz CT molecular complexity index is 813. The summed E-state index contributed by atoms with van der Waals surface area (Å²) < 4.78 is 1.32. The summed E-state index contributed by atoms with van der Waals surface area (Å²) in [7, 11) is 0. The summed E-state index contributed by atoms with van der Waals surface area (Å²) in [4.78, 5) is 27.3. The largest absolute Gasteiger partial charge is 0.334 e. The molecule has 2 heterocycles. The van der Waals surface area contributed by atoms with Gasteiger partial charge in [0.05, 0.1) is 5.69 Å². The van der Waals surface area contributed by atoms with Crippen molar-refractivity contribution < 1.29 is 4.79 Å². The lowest BCUT2D eigenvalue weighted by Gasteiger charge is -2.44. The van der Waals surface area contributed by atoms with Crippen molar-refractivity contribution in [2.24, 2.45) is 5.92 Å². The Morgan fingerprint density at radius 1 is 0.960 bits per heavy atom. The molecule has 2 fully saturated rings. The zero-order chi connectivity index (χ0) is 17.2.